The Kier molecular flexibility index (Phi) is 3.57. The Morgan fingerprint density at radius 2 is 2.04 bits per heavy atom. The van der Waals surface area contributed by atoms with Gasteiger partial charge in [0.05, 0.1) is 29.4 Å². The van der Waals surface area contributed by atoms with Crippen molar-refractivity contribution in [2.75, 3.05) is 11.8 Å². The highest BCUT2D eigenvalue weighted by Crippen LogP contribution is 2.21. The van der Waals surface area contributed by atoms with E-state index < -0.39 is 15.8 Å². The highest BCUT2D eigenvalue weighted by molar-refractivity contribution is 7.92. The van der Waals surface area contributed by atoms with Gasteiger partial charge >= 0.3 is 5.76 Å². The van der Waals surface area contributed by atoms with E-state index in [0.29, 0.717) is 22.7 Å². The van der Waals surface area contributed by atoms with Gasteiger partial charge in [0, 0.05) is 13.1 Å². The number of fused-ring (bicyclic) bond motifs is 1. The van der Waals surface area contributed by atoms with E-state index >= 15 is 0 Å². The number of hydrogen-bond acceptors (Lipinski definition) is 6. The molecule has 120 valence electrons. The van der Waals surface area contributed by atoms with Crippen LogP contribution >= 0.6 is 0 Å². The Morgan fingerprint density at radius 1 is 1.26 bits per heavy atom. The van der Waals surface area contributed by atoms with Crippen LogP contribution in [-0.4, -0.2) is 25.1 Å². The highest BCUT2D eigenvalue weighted by atomic mass is 32.2. The van der Waals surface area contributed by atoms with Crippen LogP contribution in [-0.2, 0) is 17.1 Å². The molecule has 0 spiro atoms. The van der Waals surface area contributed by atoms with Gasteiger partial charge in [-0.3, -0.25) is 9.29 Å². The zero-order valence-electron chi connectivity index (χ0n) is 12.3. The fourth-order valence-corrected chi connectivity index (χ4v) is 3.11. The number of oxazole rings is 1. The number of nitrogens with one attached hydrogen (secondary N) is 1. The average Bonchev–Trinajstić information content (AvgIpc) is 2.82. The van der Waals surface area contributed by atoms with Crippen LogP contribution in [0, 0.1) is 0 Å². The second-order valence-corrected chi connectivity index (χ2v) is 6.43. The molecule has 0 aliphatic carbocycles. The lowest BCUT2D eigenvalue weighted by Gasteiger charge is -2.08. The molecule has 2 aromatic heterocycles. The topological polar surface area (TPSA) is 103 Å². The highest BCUT2D eigenvalue weighted by Gasteiger charge is 2.17. The molecule has 3 rings (SSSR count). The Hall–Kier alpha value is -2.81. The largest absolute Gasteiger partial charge is 0.481 e. The third kappa shape index (κ3) is 2.78. The zero-order chi connectivity index (χ0) is 16.6. The molecule has 2 heterocycles. The molecule has 1 N–H and O–H groups in total. The van der Waals surface area contributed by atoms with Crippen LogP contribution in [0.1, 0.15) is 0 Å². The number of anilines is 1. The summed E-state index contributed by atoms with van der Waals surface area (Å²) in [6, 6.07) is 7.26. The molecular weight excluding hydrogens is 322 g/mol. The molecule has 0 amide bonds. The lowest BCUT2D eigenvalue weighted by Crippen LogP contribution is -2.13. The number of benzene rings is 1. The van der Waals surface area contributed by atoms with Gasteiger partial charge in [-0.25, -0.2) is 18.2 Å². The van der Waals surface area contributed by atoms with Crippen molar-refractivity contribution in [1.29, 1.82) is 0 Å². The monoisotopic (exact) mass is 335 g/mol. The van der Waals surface area contributed by atoms with Crippen LogP contribution in [0.15, 0.2) is 50.6 Å². The lowest BCUT2D eigenvalue weighted by molar-refractivity contribution is 0.398. The number of aromatic nitrogens is 2. The van der Waals surface area contributed by atoms with E-state index in [9.17, 15) is 13.2 Å². The summed E-state index contributed by atoms with van der Waals surface area (Å²) >= 11 is 0. The second kappa shape index (κ2) is 5.43. The molecule has 0 bridgehead atoms. The summed E-state index contributed by atoms with van der Waals surface area (Å²) < 4.78 is 38.4. The molecule has 0 radical (unpaired) electrons. The van der Waals surface area contributed by atoms with Crippen LogP contribution in [0.5, 0.6) is 5.88 Å². The molecular formula is C14H13N3O5S. The number of nitrogens with zero attached hydrogens (tertiary/aromatic N) is 2. The van der Waals surface area contributed by atoms with Crippen molar-refractivity contribution in [2.45, 2.75) is 4.90 Å². The van der Waals surface area contributed by atoms with Crippen LogP contribution in [0.25, 0.3) is 11.1 Å². The molecule has 0 fully saturated rings. The normalized spacial score (nSPS) is 11.6. The van der Waals surface area contributed by atoms with Crippen LogP contribution in [0.2, 0.25) is 0 Å². The Labute approximate surface area is 131 Å². The fraction of sp³-hybridized carbons (Fsp3) is 0.143. The summed E-state index contributed by atoms with van der Waals surface area (Å²) in [6.45, 7) is 0. The summed E-state index contributed by atoms with van der Waals surface area (Å²) in [6.07, 6.45) is 1.35. The first kappa shape index (κ1) is 15.1. The molecule has 9 heteroatoms. The van der Waals surface area contributed by atoms with Gasteiger partial charge in [-0.15, -0.1) is 0 Å². The Morgan fingerprint density at radius 3 is 2.70 bits per heavy atom. The van der Waals surface area contributed by atoms with Gasteiger partial charge in [0.2, 0.25) is 5.88 Å². The second-order valence-electron chi connectivity index (χ2n) is 4.75. The van der Waals surface area contributed by atoms with E-state index in [0.717, 1.165) is 0 Å². The van der Waals surface area contributed by atoms with Crippen LogP contribution < -0.4 is 15.2 Å². The van der Waals surface area contributed by atoms with E-state index in [1.54, 1.807) is 6.07 Å². The molecule has 0 unspecified atom stereocenters. The molecule has 0 aliphatic heterocycles. The molecule has 0 saturated carbocycles. The summed E-state index contributed by atoms with van der Waals surface area (Å²) in [4.78, 5) is 15.4. The molecule has 8 nitrogen and oxygen atoms in total. The smallest absolute Gasteiger partial charge is 0.419 e. The number of sulfonamides is 1. The number of pyridine rings is 1. The number of methoxy groups -OCH3 is 1. The van der Waals surface area contributed by atoms with Crippen molar-refractivity contribution in [3.8, 4) is 5.88 Å². The molecule has 23 heavy (non-hydrogen) atoms. The molecule has 3 aromatic rings. The third-order valence-electron chi connectivity index (χ3n) is 3.27. The predicted molar refractivity (Wildman–Crippen MR) is 83.1 cm³/mol. The maximum atomic E-state index is 12.4. The van der Waals surface area contributed by atoms with Crippen molar-refractivity contribution < 1.29 is 17.6 Å². The summed E-state index contributed by atoms with van der Waals surface area (Å²) in [5.74, 6) is -0.176. The standard InChI is InChI=1S/C14H13N3O5S/c1-17-11-7-10(4-5-12(11)22-14(17)18)23(19,20)16-9-3-6-13(21-2)15-8-9/h3-8,16H,1-2H3. The van der Waals surface area contributed by atoms with Crippen molar-refractivity contribution in [3.63, 3.8) is 0 Å². The van der Waals surface area contributed by atoms with Gasteiger partial charge in [-0.05, 0) is 24.3 Å². The average molecular weight is 335 g/mol. The molecule has 0 saturated heterocycles. The first-order valence-corrected chi connectivity index (χ1v) is 8.01. The zero-order valence-corrected chi connectivity index (χ0v) is 13.1. The van der Waals surface area contributed by atoms with Gasteiger partial charge < -0.3 is 9.15 Å². The molecule has 1 aromatic carbocycles. The van der Waals surface area contributed by atoms with E-state index in [1.807, 2.05) is 0 Å². The van der Waals surface area contributed by atoms with E-state index in [-0.39, 0.29) is 4.90 Å². The minimum absolute atomic E-state index is 0.0113. The minimum atomic E-state index is -3.82. The van der Waals surface area contributed by atoms with E-state index in [4.69, 9.17) is 9.15 Å². The van der Waals surface area contributed by atoms with E-state index in [1.165, 1.54) is 49.2 Å². The lowest BCUT2D eigenvalue weighted by atomic mass is 10.3. The number of hydrogen-bond donors (Lipinski definition) is 1. The number of aryl methyl sites for hydroxylation is 1. The summed E-state index contributed by atoms with van der Waals surface area (Å²) in [5, 5.41) is 0. The number of ether oxygens (including phenoxy) is 1. The minimum Gasteiger partial charge on any atom is -0.481 e. The van der Waals surface area contributed by atoms with Crippen molar-refractivity contribution in [2.24, 2.45) is 7.05 Å². The van der Waals surface area contributed by atoms with Crippen molar-refractivity contribution in [1.82, 2.24) is 9.55 Å². The van der Waals surface area contributed by atoms with Gasteiger partial charge in [0.1, 0.15) is 0 Å². The fourth-order valence-electron chi connectivity index (χ4n) is 2.05. The quantitative estimate of drug-likeness (QED) is 0.771. The van der Waals surface area contributed by atoms with Gasteiger partial charge in [0.25, 0.3) is 10.0 Å². The predicted octanol–water partition coefficient (Wildman–Crippen LogP) is 1.34. The van der Waals surface area contributed by atoms with Gasteiger partial charge in [-0.1, -0.05) is 0 Å². The molecule has 0 aliphatic rings. The van der Waals surface area contributed by atoms with Crippen molar-refractivity contribution >= 4 is 26.8 Å². The van der Waals surface area contributed by atoms with E-state index in [2.05, 4.69) is 9.71 Å². The maximum Gasteiger partial charge on any atom is 0.419 e. The third-order valence-corrected chi connectivity index (χ3v) is 4.65. The maximum absolute atomic E-state index is 12.4. The first-order valence-electron chi connectivity index (χ1n) is 6.53. The van der Waals surface area contributed by atoms with Gasteiger partial charge in [-0.2, -0.15) is 0 Å². The Balaban J connectivity index is 1.98. The summed E-state index contributed by atoms with van der Waals surface area (Å²) in [7, 11) is -0.846. The van der Waals surface area contributed by atoms with Gasteiger partial charge in [0.15, 0.2) is 5.58 Å². The van der Waals surface area contributed by atoms with Crippen LogP contribution in [0.3, 0.4) is 0 Å². The summed E-state index contributed by atoms with van der Waals surface area (Å²) in [5.41, 5.74) is 1.01. The number of rotatable bonds is 4. The Bertz CT molecular complexity index is 1020. The first-order chi connectivity index (χ1) is 10.9. The van der Waals surface area contributed by atoms with Crippen LogP contribution in [0.4, 0.5) is 5.69 Å². The molecule has 0 atom stereocenters. The van der Waals surface area contributed by atoms with Crippen molar-refractivity contribution in [3.05, 3.63) is 47.1 Å². The SMILES string of the molecule is COc1ccc(NS(=O)(=O)c2ccc3oc(=O)n(C)c3c2)cn1.